The molecule has 0 aliphatic rings. The summed E-state index contributed by atoms with van der Waals surface area (Å²) in [6, 6.07) is 0. The van der Waals surface area contributed by atoms with Crippen LogP contribution < -0.4 is 0 Å². The van der Waals surface area contributed by atoms with E-state index in [0.29, 0.717) is 0 Å². The van der Waals surface area contributed by atoms with E-state index >= 15 is 0 Å². The number of esters is 2. The average molecular weight is 448 g/mol. The van der Waals surface area contributed by atoms with Gasteiger partial charge in [-0.1, -0.05) is 27.7 Å². The first-order chi connectivity index (χ1) is 12.7. The summed E-state index contributed by atoms with van der Waals surface area (Å²) in [6.45, 7) is 9.74. The van der Waals surface area contributed by atoms with Crippen LogP contribution in [0.1, 0.15) is 67.2 Å². The summed E-state index contributed by atoms with van der Waals surface area (Å²) in [5, 5.41) is -3.33. The first-order valence-corrected chi connectivity index (χ1v) is 12.4. The normalized spacial score (nSPS) is 12.6. The molecule has 0 aromatic carbocycles. The molecular formula is C16H34O10P2. The summed E-state index contributed by atoms with van der Waals surface area (Å²) in [5.74, 6) is -1.61. The number of carbonyl (C=O) groups is 2. The summed E-state index contributed by atoms with van der Waals surface area (Å²) in [4.78, 5) is 59.5. The van der Waals surface area contributed by atoms with E-state index < -0.39 is 37.4 Å². The standard InChI is InChI=1S/2C8H17O5P/c2*1-4-8(5-2,14(10,11)12)7(9)13-6-3/h2*4-6H2,1-3H3,(H2,10,11,12). The zero-order valence-electron chi connectivity index (χ0n) is 17.4. The summed E-state index contributed by atoms with van der Waals surface area (Å²) < 4.78 is 31.8. The second-order valence-electron chi connectivity index (χ2n) is 6.01. The highest BCUT2D eigenvalue weighted by Crippen LogP contribution is 2.55. The fourth-order valence-corrected chi connectivity index (χ4v) is 4.92. The van der Waals surface area contributed by atoms with Gasteiger partial charge in [-0.25, -0.2) is 0 Å². The minimum atomic E-state index is -4.47. The van der Waals surface area contributed by atoms with Gasteiger partial charge in [0.2, 0.25) is 0 Å². The summed E-state index contributed by atoms with van der Waals surface area (Å²) in [5.41, 5.74) is 0. The molecule has 0 bridgehead atoms. The third-order valence-corrected chi connectivity index (χ3v) is 8.63. The molecule has 0 radical (unpaired) electrons. The molecule has 0 heterocycles. The molecule has 0 aromatic rings. The van der Waals surface area contributed by atoms with Gasteiger partial charge >= 0.3 is 27.1 Å². The Bertz CT molecular complexity index is 532. The Morgan fingerprint density at radius 2 is 0.857 bits per heavy atom. The molecule has 0 aliphatic carbocycles. The minimum absolute atomic E-state index is 0.0760. The number of hydrogen-bond acceptors (Lipinski definition) is 6. The van der Waals surface area contributed by atoms with Crippen LogP contribution in [0.3, 0.4) is 0 Å². The molecule has 0 saturated heterocycles. The molecule has 28 heavy (non-hydrogen) atoms. The van der Waals surface area contributed by atoms with Crippen molar-refractivity contribution >= 4 is 27.1 Å². The number of rotatable bonds is 10. The fourth-order valence-electron chi connectivity index (χ4n) is 2.67. The molecular weight excluding hydrogens is 414 g/mol. The molecule has 0 rings (SSSR count). The van der Waals surface area contributed by atoms with E-state index in [9.17, 15) is 18.7 Å². The van der Waals surface area contributed by atoms with Crippen molar-refractivity contribution in [2.75, 3.05) is 13.2 Å². The molecule has 0 saturated carbocycles. The van der Waals surface area contributed by atoms with Gasteiger partial charge in [-0.3, -0.25) is 18.7 Å². The first-order valence-electron chi connectivity index (χ1n) is 9.16. The van der Waals surface area contributed by atoms with Crippen LogP contribution in [-0.2, 0) is 28.2 Å². The highest BCUT2D eigenvalue weighted by molar-refractivity contribution is 7.55. The zero-order chi connectivity index (χ0) is 22.8. The molecule has 0 unspecified atom stereocenters. The van der Waals surface area contributed by atoms with E-state index in [1.54, 1.807) is 41.5 Å². The van der Waals surface area contributed by atoms with Crippen LogP contribution >= 0.6 is 15.2 Å². The Morgan fingerprint density at radius 1 is 0.643 bits per heavy atom. The monoisotopic (exact) mass is 448 g/mol. The van der Waals surface area contributed by atoms with Crippen molar-refractivity contribution in [3.05, 3.63) is 0 Å². The van der Waals surface area contributed by atoms with Gasteiger partial charge in [0, 0.05) is 0 Å². The molecule has 0 amide bonds. The van der Waals surface area contributed by atoms with Crippen LogP contribution in [0.5, 0.6) is 0 Å². The quantitative estimate of drug-likeness (QED) is 0.288. The maximum atomic E-state index is 11.5. The van der Waals surface area contributed by atoms with Crippen LogP contribution in [0.25, 0.3) is 0 Å². The maximum Gasteiger partial charge on any atom is 0.342 e. The molecule has 0 spiro atoms. The van der Waals surface area contributed by atoms with Crippen LogP contribution in [-0.4, -0.2) is 55.0 Å². The lowest BCUT2D eigenvalue weighted by Gasteiger charge is -2.29. The van der Waals surface area contributed by atoms with Crippen LogP contribution in [0.2, 0.25) is 0 Å². The Labute approximate surface area is 166 Å². The van der Waals surface area contributed by atoms with Crippen molar-refractivity contribution in [3.8, 4) is 0 Å². The van der Waals surface area contributed by atoms with Crippen molar-refractivity contribution in [2.45, 2.75) is 77.5 Å². The van der Waals surface area contributed by atoms with Gasteiger partial charge in [-0.05, 0) is 39.5 Å². The second-order valence-corrected chi connectivity index (χ2v) is 9.89. The SMILES string of the molecule is CCOC(=O)C(CC)(CC)P(=O)(O)O.CCOC(=O)C(CC)(CC)P(=O)(O)O. The highest BCUT2D eigenvalue weighted by Gasteiger charge is 2.52. The van der Waals surface area contributed by atoms with E-state index in [4.69, 9.17) is 19.6 Å². The Hall–Kier alpha value is -0.760. The van der Waals surface area contributed by atoms with Gasteiger partial charge in [-0.15, -0.1) is 0 Å². The van der Waals surface area contributed by atoms with Gasteiger partial charge in [0.15, 0.2) is 10.3 Å². The summed E-state index contributed by atoms with van der Waals surface area (Å²) >= 11 is 0. The maximum absolute atomic E-state index is 11.5. The average Bonchev–Trinajstić information content (AvgIpc) is 2.56. The van der Waals surface area contributed by atoms with E-state index in [-0.39, 0.29) is 38.9 Å². The third kappa shape index (κ3) is 6.65. The van der Waals surface area contributed by atoms with Gasteiger partial charge in [-0.2, -0.15) is 0 Å². The van der Waals surface area contributed by atoms with Crippen LogP contribution in [0.4, 0.5) is 0 Å². The third-order valence-electron chi connectivity index (χ3n) is 4.77. The molecule has 12 heteroatoms. The summed E-state index contributed by atoms with van der Waals surface area (Å²) in [6.07, 6.45) is 0.304. The van der Waals surface area contributed by atoms with E-state index in [2.05, 4.69) is 9.47 Å². The van der Waals surface area contributed by atoms with E-state index in [1.807, 2.05) is 0 Å². The van der Waals surface area contributed by atoms with Crippen LogP contribution in [0.15, 0.2) is 0 Å². The lowest BCUT2D eigenvalue weighted by Crippen LogP contribution is -2.38. The lowest BCUT2D eigenvalue weighted by atomic mass is 10.0. The lowest BCUT2D eigenvalue weighted by molar-refractivity contribution is -0.148. The molecule has 0 aromatic heterocycles. The molecule has 168 valence electrons. The fraction of sp³-hybridized carbons (Fsp3) is 0.875. The first kappa shape index (κ1) is 29.4. The van der Waals surface area contributed by atoms with E-state index in [1.165, 1.54) is 0 Å². The predicted molar refractivity (Wildman–Crippen MR) is 104 cm³/mol. The van der Waals surface area contributed by atoms with Gasteiger partial charge in [0.25, 0.3) is 0 Å². The van der Waals surface area contributed by atoms with Crippen molar-refractivity contribution in [1.29, 1.82) is 0 Å². The zero-order valence-corrected chi connectivity index (χ0v) is 19.2. The molecule has 0 atom stereocenters. The Kier molecular flexibility index (Phi) is 12.7. The highest BCUT2D eigenvalue weighted by atomic mass is 31.2. The Morgan fingerprint density at radius 3 is 0.964 bits per heavy atom. The predicted octanol–water partition coefficient (Wildman–Crippen LogP) is 2.57. The molecule has 10 nitrogen and oxygen atoms in total. The molecule has 0 aliphatic heterocycles. The number of ether oxygens (including phenoxy) is 2. The summed E-state index contributed by atoms with van der Waals surface area (Å²) in [7, 11) is -8.93. The molecule has 4 N–H and O–H groups in total. The number of carbonyl (C=O) groups excluding carboxylic acids is 2. The van der Waals surface area contributed by atoms with Crippen molar-refractivity contribution < 1.29 is 47.8 Å². The van der Waals surface area contributed by atoms with E-state index in [0.717, 1.165) is 0 Å². The number of hydrogen-bond donors (Lipinski definition) is 4. The van der Waals surface area contributed by atoms with Gasteiger partial charge < -0.3 is 29.0 Å². The van der Waals surface area contributed by atoms with Crippen LogP contribution in [0, 0.1) is 0 Å². The Balaban J connectivity index is 0. The van der Waals surface area contributed by atoms with Crippen molar-refractivity contribution in [1.82, 2.24) is 0 Å². The van der Waals surface area contributed by atoms with Gasteiger partial charge in [0.1, 0.15) is 0 Å². The minimum Gasteiger partial charge on any atom is -0.465 e. The largest absolute Gasteiger partial charge is 0.465 e. The second kappa shape index (κ2) is 12.1. The van der Waals surface area contributed by atoms with Crippen molar-refractivity contribution in [3.63, 3.8) is 0 Å². The van der Waals surface area contributed by atoms with Gasteiger partial charge in [0.05, 0.1) is 13.2 Å². The van der Waals surface area contributed by atoms with Crippen molar-refractivity contribution in [2.24, 2.45) is 0 Å². The molecule has 0 fully saturated rings. The topological polar surface area (TPSA) is 168 Å². The smallest absolute Gasteiger partial charge is 0.342 e.